The van der Waals surface area contributed by atoms with Gasteiger partial charge in [0, 0.05) is 49.7 Å². The predicted molar refractivity (Wildman–Crippen MR) is 142 cm³/mol. The molecule has 192 valence electrons. The molecule has 0 unspecified atom stereocenters. The van der Waals surface area contributed by atoms with E-state index >= 15 is 0 Å². The van der Waals surface area contributed by atoms with Gasteiger partial charge in [-0.1, -0.05) is 53.1 Å². The number of hydrogen-bond donors (Lipinski definition) is 2. The Kier molecular flexibility index (Phi) is 15.6. The molecule has 0 bridgehead atoms. The van der Waals surface area contributed by atoms with Crippen molar-refractivity contribution in [3.05, 3.63) is 30.3 Å². The molecule has 7 nitrogen and oxygen atoms in total. The summed E-state index contributed by atoms with van der Waals surface area (Å²) in [5.74, 6) is 0.948. The summed E-state index contributed by atoms with van der Waals surface area (Å²) in [5, 5.41) is 5.66. The maximum absolute atomic E-state index is 12.5. The highest BCUT2D eigenvalue weighted by Crippen LogP contribution is 2.30. The average Bonchev–Trinajstić information content (AvgIpc) is 2.77. The molecule has 1 rings (SSSR count). The Morgan fingerprint density at radius 1 is 0.941 bits per heavy atom. The van der Waals surface area contributed by atoms with Crippen molar-refractivity contribution in [1.29, 1.82) is 0 Å². The van der Waals surface area contributed by atoms with Gasteiger partial charge in [0.25, 0.3) is 0 Å². The Balaban J connectivity index is 2.09. The molecule has 0 saturated carbocycles. The molecule has 0 aliphatic rings. The van der Waals surface area contributed by atoms with Crippen LogP contribution in [0.3, 0.4) is 0 Å². The molecule has 0 radical (unpaired) electrons. The van der Waals surface area contributed by atoms with Gasteiger partial charge in [0.2, 0.25) is 11.8 Å². The summed E-state index contributed by atoms with van der Waals surface area (Å²) in [6.07, 6.45) is 3.93. The number of hydrogen-bond acceptors (Lipinski definition) is 6. The van der Waals surface area contributed by atoms with E-state index in [1.54, 1.807) is 26.5 Å². The highest BCUT2D eigenvalue weighted by molar-refractivity contribution is 8.76. The molecule has 3 amide bonds. The van der Waals surface area contributed by atoms with Gasteiger partial charge in [-0.2, -0.15) is 0 Å². The van der Waals surface area contributed by atoms with Crippen LogP contribution in [-0.2, 0) is 14.3 Å². The Morgan fingerprint density at radius 2 is 1.68 bits per heavy atom. The summed E-state index contributed by atoms with van der Waals surface area (Å²) in [6, 6.07) is 10.1. The third-order valence-electron chi connectivity index (χ3n) is 4.60. The maximum atomic E-state index is 12.5. The molecule has 0 aliphatic carbocycles. The lowest BCUT2D eigenvalue weighted by Gasteiger charge is -2.23. The fourth-order valence-corrected chi connectivity index (χ4v) is 5.01. The molecule has 0 aliphatic heterocycles. The second kappa shape index (κ2) is 17.5. The molecule has 2 N–H and O–H groups in total. The van der Waals surface area contributed by atoms with Gasteiger partial charge < -0.3 is 20.3 Å². The number of nitrogens with zero attached hydrogens (tertiary/aromatic N) is 1. The lowest BCUT2D eigenvalue weighted by atomic mass is 10.1. The summed E-state index contributed by atoms with van der Waals surface area (Å²) in [7, 11) is 3.37. The van der Waals surface area contributed by atoms with Crippen molar-refractivity contribution in [3.8, 4) is 0 Å². The number of amides is 3. The Labute approximate surface area is 212 Å². The normalized spacial score (nSPS) is 11.1. The maximum Gasteiger partial charge on any atom is 0.407 e. The fraction of sp³-hybridized carbons (Fsp3) is 0.640. The number of unbranched alkanes of at least 4 members (excludes halogenated alkanes) is 2. The van der Waals surface area contributed by atoms with Crippen LogP contribution in [0.15, 0.2) is 35.2 Å². The van der Waals surface area contributed by atoms with Crippen molar-refractivity contribution < 1.29 is 19.1 Å². The molecule has 0 saturated heterocycles. The minimum atomic E-state index is -0.539. The van der Waals surface area contributed by atoms with Gasteiger partial charge >= 0.3 is 6.09 Å². The van der Waals surface area contributed by atoms with Crippen LogP contribution in [0.4, 0.5) is 4.79 Å². The third-order valence-corrected chi connectivity index (χ3v) is 6.98. The second-order valence-electron chi connectivity index (χ2n) is 8.94. The monoisotopic (exact) mass is 511 g/mol. The number of alkyl carbamates (subject to hydrolysis) is 1. The molecule has 1 aromatic carbocycles. The lowest BCUT2D eigenvalue weighted by Crippen LogP contribution is -2.40. The molecule has 0 aromatic heterocycles. The zero-order chi connectivity index (χ0) is 25.2. The van der Waals surface area contributed by atoms with Crippen LogP contribution in [0.25, 0.3) is 0 Å². The zero-order valence-electron chi connectivity index (χ0n) is 21.1. The van der Waals surface area contributed by atoms with Crippen LogP contribution in [0.1, 0.15) is 66.2 Å². The molecule has 0 atom stereocenters. The molecular weight excluding hydrogens is 470 g/mol. The van der Waals surface area contributed by atoms with E-state index in [0.29, 0.717) is 39.0 Å². The fourth-order valence-electron chi connectivity index (χ4n) is 3.01. The Morgan fingerprint density at radius 3 is 2.35 bits per heavy atom. The number of carbonyl (C=O) groups excluding carboxylic acids is 3. The topological polar surface area (TPSA) is 87.7 Å². The van der Waals surface area contributed by atoms with Gasteiger partial charge in [-0.3, -0.25) is 9.59 Å². The lowest BCUT2D eigenvalue weighted by molar-refractivity contribution is -0.131. The summed E-state index contributed by atoms with van der Waals surface area (Å²) < 4.78 is 5.22. The summed E-state index contributed by atoms with van der Waals surface area (Å²) >= 11 is 0. The number of benzene rings is 1. The van der Waals surface area contributed by atoms with Crippen LogP contribution >= 0.6 is 21.6 Å². The van der Waals surface area contributed by atoms with E-state index in [0.717, 1.165) is 31.4 Å². The van der Waals surface area contributed by atoms with E-state index < -0.39 is 11.7 Å². The van der Waals surface area contributed by atoms with Crippen LogP contribution in [-0.4, -0.2) is 60.3 Å². The summed E-state index contributed by atoms with van der Waals surface area (Å²) in [5.41, 5.74) is -0.539. The van der Waals surface area contributed by atoms with Gasteiger partial charge in [0.1, 0.15) is 5.60 Å². The molecule has 0 heterocycles. The van der Waals surface area contributed by atoms with Gasteiger partial charge in [0.15, 0.2) is 0 Å². The van der Waals surface area contributed by atoms with Crippen molar-refractivity contribution >= 4 is 39.5 Å². The molecular formula is C25H41N3O4S2. The van der Waals surface area contributed by atoms with Gasteiger partial charge in [0.05, 0.1) is 0 Å². The van der Waals surface area contributed by atoms with Crippen LogP contribution < -0.4 is 10.6 Å². The predicted octanol–water partition coefficient (Wildman–Crippen LogP) is 5.26. The Bertz CT molecular complexity index is 727. The number of nitrogens with one attached hydrogen (secondary N) is 2. The van der Waals surface area contributed by atoms with Crippen LogP contribution in [0.5, 0.6) is 0 Å². The average molecular weight is 512 g/mol. The first kappa shape index (κ1) is 30.2. The third kappa shape index (κ3) is 15.9. The van der Waals surface area contributed by atoms with Crippen molar-refractivity contribution in [1.82, 2.24) is 15.5 Å². The van der Waals surface area contributed by atoms with Gasteiger partial charge in [-0.25, -0.2) is 4.79 Å². The SMILES string of the molecule is CCCN(CCNC(=O)OC(C)(C)C)C(=O)CCCCCNC(=O)CCSSc1ccccc1. The van der Waals surface area contributed by atoms with E-state index in [1.165, 1.54) is 4.90 Å². The molecule has 1 aromatic rings. The van der Waals surface area contributed by atoms with Crippen molar-refractivity contribution in [2.45, 2.75) is 76.7 Å². The van der Waals surface area contributed by atoms with Crippen LogP contribution in [0.2, 0.25) is 0 Å². The number of rotatable bonds is 16. The van der Waals surface area contributed by atoms with Crippen LogP contribution in [0, 0.1) is 0 Å². The molecule has 0 fully saturated rings. The number of carbonyl (C=O) groups is 3. The summed E-state index contributed by atoms with van der Waals surface area (Å²) in [6.45, 7) is 9.64. The van der Waals surface area contributed by atoms with Crippen molar-refractivity contribution in [2.24, 2.45) is 0 Å². The van der Waals surface area contributed by atoms with E-state index in [4.69, 9.17) is 4.74 Å². The first-order valence-corrected chi connectivity index (χ1v) is 14.4. The largest absolute Gasteiger partial charge is 0.444 e. The first-order valence-electron chi connectivity index (χ1n) is 12.1. The van der Waals surface area contributed by atoms with E-state index in [2.05, 4.69) is 22.8 Å². The quantitative estimate of drug-likeness (QED) is 0.233. The minimum absolute atomic E-state index is 0.0730. The number of ether oxygens (including phenoxy) is 1. The first-order chi connectivity index (χ1) is 16.2. The van der Waals surface area contributed by atoms with E-state index in [9.17, 15) is 14.4 Å². The smallest absolute Gasteiger partial charge is 0.407 e. The highest BCUT2D eigenvalue weighted by atomic mass is 33.1. The van der Waals surface area contributed by atoms with E-state index in [1.807, 2.05) is 45.9 Å². The molecule has 9 heteroatoms. The Hall–Kier alpha value is -1.87. The van der Waals surface area contributed by atoms with E-state index in [-0.39, 0.29) is 11.8 Å². The minimum Gasteiger partial charge on any atom is -0.444 e. The molecule has 0 spiro atoms. The summed E-state index contributed by atoms with van der Waals surface area (Å²) in [4.78, 5) is 39.2. The highest BCUT2D eigenvalue weighted by Gasteiger charge is 2.17. The van der Waals surface area contributed by atoms with Gasteiger partial charge in [-0.05, 0) is 52.2 Å². The second-order valence-corrected chi connectivity index (χ2v) is 11.4. The van der Waals surface area contributed by atoms with Gasteiger partial charge in [-0.15, -0.1) is 0 Å². The standard InChI is InChI=1S/C25H41N3O4S2/c1-5-18-28(19-17-27-24(31)32-25(2,3)4)23(30)14-10-7-11-16-26-22(29)15-20-33-34-21-12-8-6-9-13-21/h6,8-9,12-13H,5,7,10-11,14-20H2,1-4H3,(H,26,29)(H,27,31). The molecule has 34 heavy (non-hydrogen) atoms. The zero-order valence-corrected chi connectivity index (χ0v) is 22.7. The van der Waals surface area contributed by atoms with Crippen molar-refractivity contribution in [3.63, 3.8) is 0 Å². The van der Waals surface area contributed by atoms with Crippen molar-refractivity contribution in [2.75, 3.05) is 31.9 Å².